The van der Waals surface area contributed by atoms with E-state index in [1.54, 1.807) is 11.0 Å². The van der Waals surface area contributed by atoms with Crippen molar-refractivity contribution in [3.63, 3.8) is 0 Å². The molecule has 1 saturated heterocycles. The van der Waals surface area contributed by atoms with Crippen LogP contribution in [0.1, 0.15) is 43.1 Å². The molecule has 7 nitrogen and oxygen atoms in total. The molecule has 1 aliphatic heterocycles. The molecule has 30 heavy (non-hydrogen) atoms. The number of sulfonamides is 1. The highest BCUT2D eigenvalue weighted by molar-refractivity contribution is 7.89. The lowest BCUT2D eigenvalue weighted by Gasteiger charge is -2.31. The molecule has 0 aliphatic carbocycles. The smallest absolute Gasteiger partial charge is 0.246 e. The van der Waals surface area contributed by atoms with Crippen LogP contribution in [-0.2, 0) is 14.8 Å². The van der Waals surface area contributed by atoms with E-state index in [4.69, 9.17) is 0 Å². The molecular formula is C22H30N4O3S. The Labute approximate surface area is 178 Å². The number of hydrogen-bond acceptors (Lipinski definition) is 4. The summed E-state index contributed by atoms with van der Waals surface area (Å²) in [5.74, 6) is 0.0840. The van der Waals surface area contributed by atoms with Gasteiger partial charge in [0.1, 0.15) is 0 Å². The van der Waals surface area contributed by atoms with E-state index >= 15 is 0 Å². The Morgan fingerprint density at radius 2 is 1.87 bits per heavy atom. The fraction of sp³-hybridized carbons (Fsp3) is 0.455. The second kappa shape index (κ2) is 9.57. The zero-order valence-corrected chi connectivity index (χ0v) is 18.7. The highest BCUT2D eigenvalue weighted by Gasteiger charge is 2.24. The minimum absolute atomic E-state index is 0.0591. The maximum absolute atomic E-state index is 12.6. The number of hydrogen-bond donors (Lipinski definition) is 1. The summed E-state index contributed by atoms with van der Waals surface area (Å²) in [5, 5.41) is 4.61. The van der Waals surface area contributed by atoms with E-state index in [0.29, 0.717) is 32.4 Å². The fourth-order valence-corrected chi connectivity index (χ4v) is 5.17. The van der Waals surface area contributed by atoms with Crippen LogP contribution in [0.2, 0.25) is 0 Å². The molecule has 1 fully saturated rings. The van der Waals surface area contributed by atoms with Crippen LogP contribution in [0.4, 0.5) is 0 Å². The Morgan fingerprint density at radius 3 is 2.50 bits per heavy atom. The summed E-state index contributed by atoms with van der Waals surface area (Å²) in [6, 6.07) is 9.80. The summed E-state index contributed by atoms with van der Waals surface area (Å²) in [6.07, 6.45) is 5.28. The van der Waals surface area contributed by atoms with Gasteiger partial charge in [0.15, 0.2) is 0 Å². The monoisotopic (exact) mass is 430 g/mol. The van der Waals surface area contributed by atoms with Crippen LogP contribution in [0.5, 0.6) is 0 Å². The van der Waals surface area contributed by atoms with Crippen LogP contribution in [0, 0.1) is 13.8 Å². The maximum Gasteiger partial charge on any atom is 0.246 e. The number of aryl methyl sites for hydroxylation is 1. The SMILES string of the molecule is CCCS(=O)(=O)NC1CCN(C(=O)/C=C/c2c(C)nn(-c3ccccc3)c2C)CC1. The molecule has 162 valence electrons. The van der Waals surface area contributed by atoms with Gasteiger partial charge in [0.25, 0.3) is 0 Å². The lowest BCUT2D eigenvalue weighted by Crippen LogP contribution is -2.46. The third-order valence-electron chi connectivity index (χ3n) is 5.37. The first kappa shape index (κ1) is 22.2. The number of para-hydroxylation sites is 1. The number of nitrogens with one attached hydrogen (secondary N) is 1. The average Bonchev–Trinajstić information content (AvgIpc) is 3.00. The van der Waals surface area contributed by atoms with Crippen LogP contribution in [0.25, 0.3) is 11.8 Å². The van der Waals surface area contributed by atoms with Crippen molar-refractivity contribution in [1.82, 2.24) is 19.4 Å². The average molecular weight is 431 g/mol. The minimum atomic E-state index is -3.22. The first-order valence-electron chi connectivity index (χ1n) is 10.4. The summed E-state index contributed by atoms with van der Waals surface area (Å²) < 4.78 is 28.5. The van der Waals surface area contributed by atoms with Crippen LogP contribution in [0.15, 0.2) is 36.4 Å². The van der Waals surface area contributed by atoms with Gasteiger partial charge in [0, 0.05) is 36.5 Å². The van der Waals surface area contributed by atoms with Crippen molar-refractivity contribution in [3.05, 3.63) is 53.4 Å². The molecule has 1 N–H and O–H groups in total. The van der Waals surface area contributed by atoms with E-state index in [-0.39, 0.29) is 17.7 Å². The Kier molecular flexibility index (Phi) is 7.10. The van der Waals surface area contributed by atoms with E-state index in [1.165, 1.54) is 0 Å². The summed E-state index contributed by atoms with van der Waals surface area (Å²) in [5.41, 5.74) is 3.77. The Morgan fingerprint density at radius 1 is 1.20 bits per heavy atom. The largest absolute Gasteiger partial charge is 0.339 e. The van der Waals surface area contributed by atoms with Gasteiger partial charge in [-0.25, -0.2) is 17.8 Å². The number of likely N-dealkylation sites (tertiary alicyclic amines) is 1. The number of piperidine rings is 1. The Bertz CT molecular complexity index is 1000. The summed E-state index contributed by atoms with van der Waals surface area (Å²) >= 11 is 0. The lowest BCUT2D eigenvalue weighted by atomic mass is 10.1. The van der Waals surface area contributed by atoms with Crippen molar-refractivity contribution in [3.8, 4) is 5.69 Å². The number of rotatable bonds is 7. The van der Waals surface area contributed by atoms with Crippen LogP contribution < -0.4 is 4.72 Å². The van der Waals surface area contributed by atoms with Gasteiger partial charge in [0.2, 0.25) is 15.9 Å². The van der Waals surface area contributed by atoms with Crippen molar-refractivity contribution < 1.29 is 13.2 Å². The van der Waals surface area contributed by atoms with Gasteiger partial charge >= 0.3 is 0 Å². The quantitative estimate of drug-likeness (QED) is 0.685. The molecule has 0 unspecified atom stereocenters. The topological polar surface area (TPSA) is 84.3 Å². The maximum atomic E-state index is 12.6. The molecule has 0 atom stereocenters. The van der Waals surface area contributed by atoms with Crippen molar-refractivity contribution in [2.24, 2.45) is 0 Å². The minimum Gasteiger partial charge on any atom is -0.339 e. The van der Waals surface area contributed by atoms with Gasteiger partial charge in [-0.05, 0) is 51.3 Å². The van der Waals surface area contributed by atoms with Gasteiger partial charge in [0.05, 0.1) is 17.1 Å². The fourth-order valence-electron chi connectivity index (χ4n) is 3.78. The molecule has 1 amide bonds. The number of nitrogens with zero attached hydrogens (tertiary/aromatic N) is 3. The molecule has 3 rings (SSSR count). The predicted molar refractivity (Wildman–Crippen MR) is 119 cm³/mol. The summed E-state index contributed by atoms with van der Waals surface area (Å²) in [6.45, 7) is 6.86. The molecule has 0 spiro atoms. The second-order valence-corrected chi connectivity index (χ2v) is 9.57. The third kappa shape index (κ3) is 5.37. The van der Waals surface area contributed by atoms with E-state index < -0.39 is 10.0 Å². The molecule has 1 aliphatic rings. The summed E-state index contributed by atoms with van der Waals surface area (Å²) in [4.78, 5) is 14.4. The molecule has 1 aromatic carbocycles. The standard InChI is InChI=1S/C22H30N4O3S/c1-4-16-30(28,29)24-19-12-14-25(15-13-19)22(27)11-10-21-17(2)23-26(18(21)3)20-8-6-5-7-9-20/h5-11,19,24H,4,12-16H2,1-3H3/b11-10+. The number of aromatic nitrogens is 2. The molecule has 8 heteroatoms. The third-order valence-corrected chi connectivity index (χ3v) is 7.00. The van der Waals surface area contributed by atoms with Crippen molar-refractivity contribution in [2.45, 2.75) is 46.1 Å². The van der Waals surface area contributed by atoms with Crippen molar-refractivity contribution >= 4 is 22.0 Å². The number of carbonyl (C=O) groups excluding carboxylic acids is 1. The molecule has 2 aromatic rings. The van der Waals surface area contributed by atoms with Crippen LogP contribution >= 0.6 is 0 Å². The number of amides is 1. The van der Waals surface area contributed by atoms with Gasteiger partial charge in [-0.2, -0.15) is 5.10 Å². The van der Waals surface area contributed by atoms with Crippen LogP contribution in [0.3, 0.4) is 0 Å². The van der Waals surface area contributed by atoms with E-state index in [2.05, 4.69) is 9.82 Å². The second-order valence-electron chi connectivity index (χ2n) is 7.70. The normalized spacial score (nSPS) is 15.8. The van der Waals surface area contributed by atoms with Gasteiger partial charge in [-0.1, -0.05) is 25.1 Å². The number of carbonyl (C=O) groups is 1. The molecule has 0 saturated carbocycles. The molecule has 0 radical (unpaired) electrons. The zero-order valence-electron chi connectivity index (χ0n) is 17.8. The highest BCUT2D eigenvalue weighted by atomic mass is 32.2. The van der Waals surface area contributed by atoms with E-state index in [9.17, 15) is 13.2 Å². The van der Waals surface area contributed by atoms with Crippen molar-refractivity contribution in [2.75, 3.05) is 18.8 Å². The van der Waals surface area contributed by atoms with Gasteiger partial charge < -0.3 is 4.90 Å². The Balaban J connectivity index is 1.62. The highest BCUT2D eigenvalue weighted by Crippen LogP contribution is 2.20. The molecule has 0 bridgehead atoms. The zero-order chi connectivity index (χ0) is 21.7. The molecule has 2 heterocycles. The predicted octanol–water partition coefficient (Wildman–Crippen LogP) is 2.82. The van der Waals surface area contributed by atoms with Gasteiger partial charge in [-0.15, -0.1) is 0 Å². The Hall–Kier alpha value is -2.45. The molecule has 1 aromatic heterocycles. The first-order valence-corrected chi connectivity index (χ1v) is 12.0. The lowest BCUT2D eigenvalue weighted by molar-refractivity contribution is -0.126. The first-order chi connectivity index (χ1) is 14.3. The summed E-state index contributed by atoms with van der Waals surface area (Å²) in [7, 11) is -3.22. The molecular weight excluding hydrogens is 400 g/mol. The van der Waals surface area contributed by atoms with Gasteiger partial charge in [-0.3, -0.25) is 4.79 Å². The van der Waals surface area contributed by atoms with Crippen LogP contribution in [-0.4, -0.2) is 53.9 Å². The van der Waals surface area contributed by atoms with E-state index in [0.717, 1.165) is 22.6 Å². The van der Waals surface area contributed by atoms with E-state index in [1.807, 2.05) is 61.9 Å². The number of benzene rings is 1. The van der Waals surface area contributed by atoms with Crippen molar-refractivity contribution in [1.29, 1.82) is 0 Å².